The Labute approximate surface area is 128 Å². The molecular weight excluding hydrogens is 292 g/mol. The summed E-state index contributed by atoms with van der Waals surface area (Å²) in [5, 5.41) is 12.2. The van der Waals surface area contributed by atoms with Gasteiger partial charge >= 0.3 is 5.97 Å². The van der Waals surface area contributed by atoms with Gasteiger partial charge in [0.05, 0.1) is 0 Å². The number of hydrogen-bond donors (Lipinski definition) is 2. The number of hydrogen-bond acceptors (Lipinski definition) is 3. The van der Waals surface area contributed by atoms with E-state index in [0.717, 1.165) is 11.8 Å². The van der Waals surface area contributed by atoms with Crippen molar-refractivity contribution in [3.05, 3.63) is 34.9 Å². The number of benzene rings is 1. The Morgan fingerprint density at radius 1 is 1.57 bits per heavy atom. The van der Waals surface area contributed by atoms with E-state index < -0.39 is 5.97 Å². The van der Waals surface area contributed by atoms with E-state index in [-0.39, 0.29) is 11.9 Å². The molecular formula is C15H17ClN2O3. The average Bonchev–Trinajstić information content (AvgIpc) is 2.45. The number of amides is 1. The molecule has 1 aromatic carbocycles. The second kappa shape index (κ2) is 6.63. The summed E-state index contributed by atoms with van der Waals surface area (Å²) in [4.78, 5) is 24.7. The lowest BCUT2D eigenvalue weighted by atomic mass is 10.0. The SMILES string of the molecule is CCC1C(=O)NCCN1c1ccc(Cl)cc1/C=C/C(=O)O. The van der Waals surface area contributed by atoms with Crippen molar-refractivity contribution in [2.75, 3.05) is 18.0 Å². The van der Waals surface area contributed by atoms with E-state index in [9.17, 15) is 9.59 Å². The summed E-state index contributed by atoms with van der Waals surface area (Å²) in [6, 6.07) is 5.02. The van der Waals surface area contributed by atoms with Gasteiger partial charge in [-0.15, -0.1) is 0 Å². The van der Waals surface area contributed by atoms with E-state index in [0.29, 0.717) is 30.1 Å². The Bertz CT molecular complexity index is 586. The first-order valence-electron chi connectivity index (χ1n) is 6.78. The number of carboxylic acid groups (broad SMARTS) is 1. The van der Waals surface area contributed by atoms with Gasteiger partial charge in [-0.3, -0.25) is 4.79 Å². The predicted octanol–water partition coefficient (Wildman–Crippen LogP) is 2.15. The monoisotopic (exact) mass is 308 g/mol. The number of piperazine rings is 1. The van der Waals surface area contributed by atoms with E-state index in [1.165, 1.54) is 6.08 Å². The van der Waals surface area contributed by atoms with Crippen LogP contribution in [0.25, 0.3) is 6.08 Å². The molecule has 0 aliphatic carbocycles. The molecule has 1 heterocycles. The Morgan fingerprint density at radius 2 is 2.33 bits per heavy atom. The second-order valence-electron chi connectivity index (χ2n) is 4.78. The van der Waals surface area contributed by atoms with Gasteiger partial charge < -0.3 is 15.3 Å². The summed E-state index contributed by atoms with van der Waals surface area (Å²) in [7, 11) is 0. The number of carbonyl (C=O) groups excluding carboxylic acids is 1. The van der Waals surface area contributed by atoms with Crippen LogP contribution in [0.1, 0.15) is 18.9 Å². The summed E-state index contributed by atoms with van der Waals surface area (Å²) < 4.78 is 0. The molecule has 1 aromatic rings. The fraction of sp³-hybridized carbons (Fsp3) is 0.333. The number of halogens is 1. The Hall–Kier alpha value is -2.01. The summed E-state index contributed by atoms with van der Waals surface area (Å²) in [6.07, 6.45) is 3.25. The van der Waals surface area contributed by atoms with Gasteiger partial charge in [0.2, 0.25) is 5.91 Å². The quantitative estimate of drug-likeness (QED) is 0.836. The fourth-order valence-electron chi connectivity index (χ4n) is 2.49. The summed E-state index contributed by atoms with van der Waals surface area (Å²) in [6.45, 7) is 3.20. The van der Waals surface area contributed by atoms with Crippen LogP contribution in [-0.2, 0) is 9.59 Å². The van der Waals surface area contributed by atoms with Crippen LogP contribution in [0.2, 0.25) is 5.02 Å². The van der Waals surface area contributed by atoms with Crippen LogP contribution in [0, 0.1) is 0 Å². The highest BCUT2D eigenvalue weighted by Gasteiger charge is 2.29. The Kier molecular flexibility index (Phi) is 4.85. The van der Waals surface area contributed by atoms with Gasteiger partial charge in [-0.1, -0.05) is 18.5 Å². The number of rotatable bonds is 4. The lowest BCUT2D eigenvalue weighted by Gasteiger charge is -2.37. The molecule has 6 heteroatoms. The van der Waals surface area contributed by atoms with E-state index >= 15 is 0 Å². The van der Waals surface area contributed by atoms with Crippen molar-refractivity contribution in [3.63, 3.8) is 0 Å². The molecule has 1 saturated heterocycles. The number of carbonyl (C=O) groups is 2. The van der Waals surface area contributed by atoms with Crippen LogP contribution in [0.15, 0.2) is 24.3 Å². The molecule has 0 saturated carbocycles. The molecule has 5 nitrogen and oxygen atoms in total. The van der Waals surface area contributed by atoms with Crippen molar-refractivity contribution in [1.82, 2.24) is 5.32 Å². The molecule has 0 bridgehead atoms. The first kappa shape index (κ1) is 15.4. The molecule has 0 aromatic heterocycles. The zero-order valence-corrected chi connectivity index (χ0v) is 12.4. The van der Waals surface area contributed by atoms with Crippen molar-refractivity contribution in [2.24, 2.45) is 0 Å². The van der Waals surface area contributed by atoms with Crippen LogP contribution in [0.5, 0.6) is 0 Å². The van der Waals surface area contributed by atoms with Crippen molar-refractivity contribution in [2.45, 2.75) is 19.4 Å². The summed E-state index contributed by atoms with van der Waals surface area (Å²) >= 11 is 5.99. The molecule has 2 N–H and O–H groups in total. The van der Waals surface area contributed by atoms with Gasteiger partial charge in [0, 0.05) is 29.9 Å². The molecule has 1 aliphatic rings. The van der Waals surface area contributed by atoms with Gasteiger partial charge in [-0.05, 0) is 36.3 Å². The minimum absolute atomic E-state index is 0.00753. The molecule has 1 fully saturated rings. The van der Waals surface area contributed by atoms with Crippen LogP contribution in [0.4, 0.5) is 5.69 Å². The largest absolute Gasteiger partial charge is 0.478 e. The smallest absolute Gasteiger partial charge is 0.328 e. The first-order valence-corrected chi connectivity index (χ1v) is 7.15. The number of nitrogens with zero attached hydrogens (tertiary/aromatic N) is 1. The van der Waals surface area contributed by atoms with Crippen molar-refractivity contribution >= 4 is 35.2 Å². The van der Waals surface area contributed by atoms with Crippen LogP contribution in [0.3, 0.4) is 0 Å². The predicted molar refractivity (Wildman–Crippen MR) is 82.6 cm³/mol. The standard InChI is InChI=1S/C15H17ClN2O3/c1-2-12-15(21)17-7-8-18(12)13-5-4-11(16)9-10(13)3-6-14(19)20/h3-6,9,12H,2,7-8H2,1H3,(H,17,21)(H,19,20)/b6-3+. The third-order valence-electron chi connectivity index (χ3n) is 3.42. The van der Waals surface area contributed by atoms with Gasteiger partial charge in [0.15, 0.2) is 0 Å². The molecule has 21 heavy (non-hydrogen) atoms. The van der Waals surface area contributed by atoms with Gasteiger partial charge in [-0.2, -0.15) is 0 Å². The maximum absolute atomic E-state index is 12.0. The lowest BCUT2D eigenvalue weighted by molar-refractivity contribution is -0.131. The molecule has 1 aliphatic heterocycles. The second-order valence-corrected chi connectivity index (χ2v) is 5.22. The van der Waals surface area contributed by atoms with Crippen molar-refractivity contribution in [3.8, 4) is 0 Å². The van der Waals surface area contributed by atoms with Crippen molar-refractivity contribution in [1.29, 1.82) is 0 Å². The molecule has 1 amide bonds. The average molecular weight is 309 g/mol. The van der Waals surface area contributed by atoms with E-state index in [1.54, 1.807) is 12.1 Å². The topological polar surface area (TPSA) is 69.6 Å². The highest BCUT2D eigenvalue weighted by atomic mass is 35.5. The molecule has 1 unspecified atom stereocenters. The summed E-state index contributed by atoms with van der Waals surface area (Å²) in [5.41, 5.74) is 1.51. The molecule has 0 radical (unpaired) electrons. The molecule has 1 atom stereocenters. The lowest BCUT2D eigenvalue weighted by Crippen LogP contribution is -2.55. The zero-order chi connectivity index (χ0) is 15.4. The minimum atomic E-state index is -1.02. The van der Waals surface area contributed by atoms with E-state index in [4.69, 9.17) is 16.7 Å². The van der Waals surface area contributed by atoms with Crippen LogP contribution in [-0.4, -0.2) is 36.1 Å². The van der Waals surface area contributed by atoms with Crippen LogP contribution >= 0.6 is 11.6 Å². The molecule has 112 valence electrons. The molecule has 2 rings (SSSR count). The van der Waals surface area contributed by atoms with Gasteiger partial charge in [0.25, 0.3) is 0 Å². The number of aliphatic carboxylic acids is 1. The highest BCUT2D eigenvalue weighted by molar-refractivity contribution is 6.30. The third-order valence-corrected chi connectivity index (χ3v) is 3.66. The van der Waals surface area contributed by atoms with E-state index in [2.05, 4.69) is 5.32 Å². The maximum Gasteiger partial charge on any atom is 0.328 e. The minimum Gasteiger partial charge on any atom is -0.478 e. The van der Waals surface area contributed by atoms with Gasteiger partial charge in [0.1, 0.15) is 6.04 Å². The van der Waals surface area contributed by atoms with E-state index in [1.807, 2.05) is 17.9 Å². The van der Waals surface area contributed by atoms with Crippen molar-refractivity contribution < 1.29 is 14.7 Å². The number of nitrogens with one attached hydrogen (secondary N) is 1. The normalized spacial score (nSPS) is 18.9. The molecule has 0 spiro atoms. The van der Waals surface area contributed by atoms with Crippen LogP contribution < -0.4 is 10.2 Å². The number of anilines is 1. The van der Waals surface area contributed by atoms with Gasteiger partial charge in [-0.25, -0.2) is 4.79 Å². The zero-order valence-electron chi connectivity index (χ0n) is 11.7. The summed E-state index contributed by atoms with van der Waals surface area (Å²) in [5.74, 6) is -1.03. The fourth-order valence-corrected chi connectivity index (χ4v) is 2.67. The Balaban J connectivity index is 2.41. The Morgan fingerprint density at radius 3 is 3.00 bits per heavy atom. The first-order chi connectivity index (χ1) is 10.0. The third kappa shape index (κ3) is 3.55. The number of carboxylic acids is 1. The highest BCUT2D eigenvalue weighted by Crippen LogP contribution is 2.28. The maximum atomic E-state index is 12.0.